The summed E-state index contributed by atoms with van der Waals surface area (Å²) in [6.45, 7) is 2.48. The SMILES string of the molecule is COc1cccc2c1OCCCC2(CN)CCCN(C)C. The Morgan fingerprint density at radius 1 is 1.38 bits per heavy atom. The summed E-state index contributed by atoms with van der Waals surface area (Å²) in [5, 5.41) is 0. The smallest absolute Gasteiger partial charge is 0.164 e. The molecule has 1 aromatic rings. The van der Waals surface area contributed by atoms with E-state index in [9.17, 15) is 0 Å². The van der Waals surface area contributed by atoms with E-state index < -0.39 is 0 Å². The summed E-state index contributed by atoms with van der Waals surface area (Å²) in [6.07, 6.45) is 4.35. The lowest BCUT2D eigenvalue weighted by Gasteiger charge is -2.33. The van der Waals surface area contributed by atoms with E-state index in [1.165, 1.54) is 5.56 Å². The van der Waals surface area contributed by atoms with E-state index in [0.29, 0.717) is 6.54 Å². The maximum absolute atomic E-state index is 6.22. The fourth-order valence-electron chi connectivity index (χ4n) is 3.27. The molecule has 2 N–H and O–H groups in total. The number of hydrogen-bond acceptors (Lipinski definition) is 4. The first kappa shape index (κ1) is 16.1. The van der Waals surface area contributed by atoms with Gasteiger partial charge in [0, 0.05) is 17.5 Å². The van der Waals surface area contributed by atoms with Crippen molar-refractivity contribution in [3.05, 3.63) is 23.8 Å². The Bertz CT molecular complexity index is 462. The number of fused-ring (bicyclic) bond motifs is 1. The molecule has 0 amide bonds. The second-order valence-electron chi connectivity index (χ2n) is 6.18. The third-order valence-corrected chi connectivity index (χ3v) is 4.47. The summed E-state index contributed by atoms with van der Waals surface area (Å²) in [4.78, 5) is 2.23. The van der Waals surface area contributed by atoms with Gasteiger partial charge in [0.25, 0.3) is 0 Å². The van der Waals surface area contributed by atoms with Gasteiger partial charge in [0.1, 0.15) is 0 Å². The molecule has 0 saturated carbocycles. The molecule has 21 heavy (non-hydrogen) atoms. The van der Waals surface area contributed by atoms with Crippen LogP contribution in [-0.4, -0.2) is 45.8 Å². The highest BCUT2D eigenvalue weighted by Gasteiger charge is 2.35. The van der Waals surface area contributed by atoms with Gasteiger partial charge in [0.15, 0.2) is 11.5 Å². The van der Waals surface area contributed by atoms with E-state index in [0.717, 1.165) is 50.3 Å². The van der Waals surface area contributed by atoms with Crippen molar-refractivity contribution in [1.29, 1.82) is 0 Å². The van der Waals surface area contributed by atoms with Crippen molar-refractivity contribution in [3.63, 3.8) is 0 Å². The fourth-order valence-corrected chi connectivity index (χ4v) is 3.27. The molecular weight excluding hydrogens is 264 g/mol. The van der Waals surface area contributed by atoms with Crippen LogP contribution in [0.2, 0.25) is 0 Å². The number of nitrogens with zero attached hydrogens (tertiary/aromatic N) is 1. The van der Waals surface area contributed by atoms with E-state index in [1.807, 2.05) is 12.1 Å². The number of rotatable bonds is 6. The van der Waals surface area contributed by atoms with Crippen LogP contribution < -0.4 is 15.2 Å². The van der Waals surface area contributed by atoms with Crippen LogP contribution in [0.25, 0.3) is 0 Å². The zero-order valence-corrected chi connectivity index (χ0v) is 13.5. The number of nitrogens with two attached hydrogens (primary N) is 1. The topological polar surface area (TPSA) is 47.7 Å². The number of methoxy groups -OCH3 is 1. The van der Waals surface area contributed by atoms with Crippen molar-refractivity contribution in [1.82, 2.24) is 4.90 Å². The lowest BCUT2D eigenvalue weighted by Crippen LogP contribution is -2.35. The Balaban J connectivity index is 2.33. The van der Waals surface area contributed by atoms with Crippen molar-refractivity contribution >= 4 is 0 Å². The summed E-state index contributed by atoms with van der Waals surface area (Å²) in [5.74, 6) is 1.72. The number of hydrogen-bond donors (Lipinski definition) is 1. The van der Waals surface area contributed by atoms with Gasteiger partial charge in [-0.3, -0.25) is 0 Å². The van der Waals surface area contributed by atoms with Crippen LogP contribution in [0.15, 0.2) is 18.2 Å². The van der Waals surface area contributed by atoms with Crippen LogP contribution in [0.4, 0.5) is 0 Å². The molecule has 0 saturated heterocycles. The summed E-state index contributed by atoms with van der Waals surface area (Å²) < 4.78 is 11.4. The third kappa shape index (κ3) is 3.50. The van der Waals surface area contributed by atoms with Gasteiger partial charge >= 0.3 is 0 Å². The molecule has 1 unspecified atom stereocenters. The second kappa shape index (κ2) is 7.14. The molecule has 0 bridgehead atoms. The van der Waals surface area contributed by atoms with Gasteiger partial charge in [0.05, 0.1) is 13.7 Å². The molecule has 0 radical (unpaired) electrons. The Hall–Kier alpha value is -1.26. The highest BCUT2D eigenvalue weighted by molar-refractivity contribution is 5.51. The molecule has 1 aromatic carbocycles. The lowest BCUT2D eigenvalue weighted by molar-refractivity contribution is 0.289. The molecule has 0 aliphatic carbocycles. The predicted octanol–water partition coefficient (Wildman–Crippen LogP) is 2.41. The molecule has 1 heterocycles. The normalized spacial score (nSPS) is 21.6. The molecule has 4 heteroatoms. The average Bonchev–Trinajstić information content (AvgIpc) is 2.67. The minimum atomic E-state index is 0.0103. The first-order valence-electron chi connectivity index (χ1n) is 7.78. The largest absolute Gasteiger partial charge is 0.493 e. The van der Waals surface area contributed by atoms with E-state index in [4.69, 9.17) is 15.2 Å². The molecular formula is C17H28N2O2. The summed E-state index contributed by atoms with van der Waals surface area (Å²) in [5.41, 5.74) is 7.45. The standard InChI is InChI=1S/C17H28N2O2/c1-19(2)11-5-9-17(13-18)10-6-12-21-16-14(17)7-4-8-15(16)20-3/h4,7-8H,5-6,9-13,18H2,1-3H3. The Morgan fingerprint density at radius 2 is 2.19 bits per heavy atom. The number of benzene rings is 1. The zero-order valence-electron chi connectivity index (χ0n) is 13.5. The van der Waals surface area contributed by atoms with Crippen LogP contribution >= 0.6 is 0 Å². The van der Waals surface area contributed by atoms with E-state index in [1.54, 1.807) is 7.11 Å². The molecule has 4 nitrogen and oxygen atoms in total. The van der Waals surface area contributed by atoms with Gasteiger partial charge in [-0.15, -0.1) is 0 Å². The first-order valence-corrected chi connectivity index (χ1v) is 7.78. The van der Waals surface area contributed by atoms with Crippen LogP contribution in [0.3, 0.4) is 0 Å². The average molecular weight is 292 g/mol. The summed E-state index contributed by atoms with van der Waals surface area (Å²) in [7, 11) is 5.92. The summed E-state index contributed by atoms with van der Waals surface area (Å²) >= 11 is 0. The minimum absolute atomic E-state index is 0.0103. The molecule has 0 aromatic heterocycles. The van der Waals surface area contributed by atoms with Crippen molar-refractivity contribution in [2.45, 2.75) is 31.1 Å². The van der Waals surface area contributed by atoms with Crippen LogP contribution in [0.5, 0.6) is 11.5 Å². The molecule has 1 atom stereocenters. The third-order valence-electron chi connectivity index (χ3n) is 4.47. The highest BCUT2D eigenvalue weighted by Crippen LogP contribution is 2.45. The van der Waals surface area contributed by atoms with Gasteiger partial charge < -0.3 is 20.1 Å². The first-order chi connectivity index (χ1) is 10.1. The minimum Gasteiger partial charge on any atom is -0.493 e. The fraction of sp³-hybridized carbons (Fsp3) is 0.647. The number of para-hydroxylation sites is 1. The van der Waals surface area contributed by atoms with Crippen LogP contribution in [-0.2, 0) is 5.41 Å². The Kier molecular flexibility index (Phi) is 5.48. The second-order valence-corrected chi connectivity index (χ2v) is 6.18. The monoisotopic (exact) mass is 292 g/mol. The summed E-state index contributed by atoms with van der Waals surface area (Å²) in [6, 6.07) is 6.17. The zero-order chi connectivity index (χ0) is 15.3. The molecule has 1 aliphatic rings. The van der Waals surface area contributed by atoms with Crippen molar-refractivity contribution in [2.75, 3.05) is 40.9 Å². The van der Waals surface area contributed by atoms with Crippen molar-refractivity contribution < 1.29 is 9.47 Å². The van der Waals surface area contributed by atoms with E-state index >= 15 is 0 Å². The molecule has 2 rings (SSSR count). The molecule has 1 aliphatic heterocycles. The molecule has 0 fully saturated rings. The van der Waals surface area contributed by atoms with Crippen molar-refractivity contribution in [3.8, 4) is 11.5 Å². The highest BCUT2D eigenvalue weighted by atomic mass is 16.5. The number of ether oxygens (including phenoxy) is 2. The lowest BCUT2D eigenvalue weighted by atomic mass is 9.73. The Labute approximate surface area is 128 Å². The van der Waals surface area contributed by atoms with E-state index in [2.05, 4.69) is 25.1 Å². The van der Waals surface area contributed by atoms with Crippen LogP contribution in [0, 0.1) is 0 Å². The van der Waals surface area contributed by atoms with E-state index in [-0.39, 0.29) is 5.41 Å². The molecule has 118 valence electrons. The Morgan fingerprint density at radius 3 is 2.86 bits per heavy atom. The van der Waals surface area contributed by atoms with Gasteiger partial charge in [-0.2, -0.15) is 0 Å². The van der Waals surface area contributed by atoms with Crippen LogP contribution in [0.1, 0.15) is 31.2 Å². The maximum Gasteiger partial charge on any atom is 0.164 e. The predicted molar refractivity (Wildman–Crippen MR) is 86.2 cm³/mol. The van der Waals surface area contributed by atoms with Gasteiger partial charge in [0.2, 0.25) is 0 Å². The quantitative estimate of drug-likeness (QED) is 0.874. The van der Waals surface area contributed by atoms with Gasteiger partial charge in [-0.25, -0.2) is 0 Å². The van der Waals surface area contributed by atoms with Crippen molar-refractivity contribution in [2.24, 2.45) is 5.73 Å². The maximum atomic E-state index is 6.22. The van der Waals surface area contributed by atoms with Gasteiger partial charge in [-0.05, 0) is 52.4 Å². The van der Waals surface area contributed by atoms with Gasteiger partial charge in [-0.1, -0.05) is 12.1 Å². The molecule has 0 spiro atoms.